The summed E-state index contributed by atoms with van der Waals surface area (Å²) in [4.78, 5) is 11.6. The monoisotopic (exact) mass is 345 g/mol. The van der Waals surface area contributed by atoms with E-state index in [2.05, 4.69) is 37.2 Å². The molecule has 16 heavy (non-hydrogen) atoms. The van der Waals surface area contributed by atoms with Gasteiger partial charge in [0, 0.05) is 5.92 Å². The summed E-state index contributed by atoms with van der Waals surface area (Å²) < 4.78 is 0.736. The quantitative estimate of drug-likeness (QED) is 0.884. The van der Waals surface area contributed by atoms with E-state index in [1.165, 1.54) is 0 Å². The molecule has 0 spiro atoms. The third kappa shape index (κ3) is 3.76. The molecule has 0 unspecified atom stereocenters. The van der Waals surface area contributed by atoms with E-state index in [4.69, 9.17) is 0 Å². The first-order valence-electron chi connectivity index (χ1n) is 4.94. The molecule has 0 bridgehead atoms. The van der Waals surface area contributed by atoms with Crippen molar-refractivity contribution in [3.05, 3.63) is 39.3 Å². The fourth-order valence-electron chi connectivity index (χ4n) is 1.10. The van der Waals surface area contributed by atoms with Crippen molar-refractivity contribution < 1.29 is 4.79 Å². The summed E-state index contributed by atoms with van der Waals surface area (Å²) in [5, 5.41) is 2.88. The van der Waals surface area contributed by atoms with Crippen molar-refractivity contribution in [3.63, 3.8) is 0 Å². The van der Waals surface area contributed by atoms with Crippen LogP contribution in [-0.2, 0) is 4.79 Å². The molecular weight excluding hydrogens is 334 g/mol. The average Bonchev–Trinajstić information content (AvgIpc) is 2.26. The van der Waals surface area contributed by atoms with E-state index in [1.54, 1.807) is 0 Å². The maximum absolute atomic E-state index is 11.6. The van der Waals surface area contributed by atoms with Gasteiger partial charge in [-0.05, 0) is 37.4 Å². The molecule has 1 rings (SSSR count). The highest BCUT2D eigenvalue weighted by atomic mass is 79.9. The van der Waals surface area contributed by atoms with E-state index < -0.39 is 0 Å². The molecule has 0 aliphatic carbocycles. The zero-order valence-electron chi connectivity index (χ0n) is 9.13. The maximum Gasteiger partial charge on any atom is 0.226 e. The van der Waals surface area contributed by atoms with Crippen molar-refractivity contribution in [2.45, 2.75) is 13.8 Å². The molecule has 1 aromatic rings. The van der Waals surface area contributed by atoms with E-state index in [9.17, 15) is 4.79 Å². The fourth-order valence-corrected chi connectivity index (χ4v) is 1.76. The van der Waals surface area contributed by atoms with Gasteiger partial charge in [-0.2, -0.15) is 0 Å². The van der Waals surface area contributed by atoms with E-state index in [0.717, 1.165) is 14.7 Å². The van der Waals surface area contributed by atoms with E-state index in [-0.39, 0.29) is 11.8 Å². The number of carbonyl (C=O) groups excluding carboxylic acids is 1. The number of carbonyl (C=O) groups is 1. The third-order valence-electron chi connectivity index (χ3n) is 2.02. The van der Waals surface area contributed by atoms with Crippen molar-refractivity contribution in [1.82, 2.24) is 5.32 Å². The molecular formula is C12H13Br2NO. The molecule has 0 fully saturated rings. The van der Waals surface area contributed by atoms with Crippen molar-refractivity contribution in [1.29, 1.82) is 0 Å². The number of hydrogen-bond acceptors (Lipinski definition) is 1. The van der Waals surface area contributed by atoms with Crippen LogP contribution in [0.15, 0.2) is 33.7 Å². The van der Waals surface area contributed by atoms with Crippen LogP contribution in [0.2, 0.25) is 0 Å². The summed E-state index contributed by atoms with van der Waals surface area (Å²) >= 11 is 6.67. The van der Waals surface area contributed by atoms with Crippen LogP contribution in [-0.4, -0.2) is 5.91 Å². The minimum atomic E-state index is -0.0435. The Balaban J connectivity index is 2.96. The SMILES string of the molecule is CC(C)C(=O)NC(=C(Br)Br)c1ccccc1. The molecule has 0 radical (unpaired) electrons. The van der Waals surface area contributed by atoms with Gasteiger partial charge in [-0.25, -0.2) is 0 Å². The zero-order valence-corrected chi connectivity index (χ0v) is 12.3. The Morgan fingerprint density at radius 1 is 1.19 bits per heavy atom. The van der Waals surface area contributed by atoms with Crippen molar-refractivity contribution in [3.8, 4) is 0 Å². The number of rotatable bonds is 3. The van der Waals surface area contributed by atoms with Gasteiger partial charge in [-0.15, -0.1) is 0 Å². The lowest BCUT2D eigenvalue weighted by Crippen LogP contribution is -2.26. The van der Waals surface area contributed by atoms with Crippen LogP contribution >= 0.6 is 31.9 Å². The Kier molecular flexibility index (Phi) is 5.22. The van der Waals surface area contributed by atoms with Gasteiger partial charge in [0.25, 0.3) is 0 Å². The first-order valence-corrected chi connectivity index (χ1v) is 6.52. The summed E-state index contributed by atoms with van der Waals surface area (Å²) in [5.74, 6) is -0.0479. The van der Waals surface area contributed by atoms with Gasteiger partial charge in [0.1, 0.15) is 0 Å². The van der Waals surface area contributed by atoms with Gasteiger partial charge < -0.3 is 5.32 Å². The van der Waals surface area contributed by atoms with Crippen molar-refractivity contribution in [2.24, 2.45) is 5.92 Å². The minimum Gasteiger partial charge on any atom is -0.324 e. The van der Waals surface area contributed by atoms with Gasteiger partial charge in [0.2, 0.25) is 5.91 Å². The smallest absolute Gasteiger partial charge is 0.226 e. The van der Waals surface area contributed by atoms with Crippen LogP contribution < -0.4 is 5.32 Å². The molecule has 0 aliphatic rings. The lowest BCUT2D eigenvalue weighted by molar-refractivity contribution is -0.122. The summed E-state index contributed by atoms with van der Waals surface area (Å²) in [5.41, 5.74) is 1.71. The normalized spacial score (nSPS) is 10.1. The maximum atomic E-state index is 11.6. The van der Waals surface area contributed by atoms with Crippen molar-refractivity contribution >= 4 is 43.5 Å². The highest BCUT2D eigenvalue weighted by Gasteiger charge is 2.12. The zero-order chi connectivity index (χ0) is 12.1. The lowest BCUT2D eigenvalue weighted by Gasteiger charge is -2.12. The molecule has 0 aliphatic heterocycles. The second-order valence-electron chi connectivity index (χ2n) is 3.65. The Morgan fingerprint density at radius 2 is 1.75 bits per heavy atom. The molecule has 86 valence electrons. The van der Waals surface area contributed by atoms with Gasteiger partial charge in [-0.3, -0.25) is 4.79 Å². The highest BCUT2D eigenvalue weighted by molar-refractivity contribution is 9.28. The first kappa shape index (κ1) is 13.5. The standard InChI is InChI=1S/C12H13Br2NO/c1-8(2)12(16)15-10(11(13)14)9-6-4-3-5-7-9/h3-8H,1-2H3,(H,15,16). The second-order valence-corrected chi connectivity index (χ2v) is 6.30. The summed E-state index contributed by atoms with van der Waals surface area (Å²) in [6.07, 6.45) is 0. The number of hydrogen-bond donors (Lipinski definition) is 1. The van der Waals surface area contributed by atoms with Gasteiger partial charge >= 0.3 is 0 Å². The Hall–Kier alpha value is -0.610. The molecule has 0 aromatic heterocycles. The largest absolute Gasteiger partial charge is 0.324 e. The van der Waals surface area contributed by atoms with Gasteiger partial charge in [-0.1, -0.05) is 44.2 Å². The van der Waals surface area contributed by atoms with Crippen LogP contribution in [0.3, 0.4) is 0 Å². The topological polar surface area (TPSA) is 29.1 Å². The lowest BCUT2D eigenvalue weighted by atomic mass is 10.1. The number of nitrogens with one attached hydrogen (secondary N) is 1. The number of benzene rings is 1. The second kappa shape index (κ2) is 6.21. The predicted molar refractivity (Wildman–Crippen MR) is 74.2 cm³/mol. The molecule has 1 N–H and O–H groups in total. The van der Waals surface area contributed by atoms with Crippen LogP contribution in [0.1, 0.15) is 19.4 Å². The van der Waals surface area contributed by atoms with Gasteiger partial charge in [0.05, 0.1) is 9.09 Å². The molecule has 0 saturated carbocycles. The Bertz CT molecular complexity index is 395. The third-order valence-corrected chi connectivity index (χ3v) is 2.82. The van der Waals surface area contributed by atoms with Crippen LogP contribution in [0, 0.1) is 5.92 Å². The van der Waals surface area contributed by atoms with E-state index in [0.29, 0.717) is 0 Å². The average molecular weight is 347 g/mol. The fraction of sp³-hybridized carbons (Fsp3) is 0.250. The molecule has 4 heteroatoms. The molecule has 1 amide bonds. The molecule has 0 saturated heterocycles. The van der Waals surface area contributed by atoms with E-state index in [1.807, 2.05) is 44.2 Å². The van der Waals surface area contributed by atoms with Gasteiger partial charge in [0.15, 0.2) is 0 Å². The highest BCUT2D eigenvalue weighted by Crippen LogP contribution is 2.25. The summed E-state index contributed by atoms with van der Waals surface area (Å²) in [7, 11) is 0. The Morgan fingerprint density at radius 3 is 2.19 bits per heavy atom. The van der Waals surface area contributed by atoms with Crippen LogP contribution in [0.25, 0.3) is 5.70 Å². The first-order chi connectivity index (χ1) is 7.52. The Labute approximate surface area is 112 Å². The van der Waals surface area contributed by atoms with Crippen molar-refractivity contribution in [2.75, 3.05) is 0 Å². The predicted octanol–water partition coefficient (Wildman–Crippen LogP) is 3.87. The van der Waals surface area contributed by atoms with E-state index >= 15 is 0 Å². The summed E-state index contributed by atoms with van der Waals surface area (Å²) in [6.45, 7) is 3.72. The minimum absolute atomic E-state index is 0.00440. The number of amides is 1. The van der Waals surface area contributed by atoms with Crippen LogP contribution in [0.5, 0.6) is 0 Å². The van der Waals surface area contributed by atoms with Crippen LogP contribution in [0.4, 0.5) is 0 Å². The molecule has 2 nitrogen and oxygen atoms in total. The number of halogens is 2. The molecule has 0 atom stereocenters. The molecule has 0 heterocycles. The molecule has 1 aromatic carbocycles. The summed E-state index contributed by atoms with van der Waals surface area (Å²) in [6, 6.07) is 9.68.